The number of hydrogen-bond donors (Lipinski definition) is 0. The molecule has 11 heavy (non-hydrogen) atoms. The summed E-state index contributed by atoms with van der Waals surface area (Å²) in [6.07, 6.45) is 10.4. The van der Waals surface area contributed by atoms with Crippen molar-refractivity contribution in [1.29, 1.82) is 0 Å². The maximum absolute atomic E-state index is 3.59. The van der Waals surface area contributed by atoms with Crippen molar-refractivity contribution >= 4 is 15.9 Å². The Morgan fingerprint density at radius 1 is 1.09 bits per heavy atom. The SMILES string of the molecule is BrCC1C[C@H]2CC=CC[C@H]2C1. The van der Waals surface area contributed by atoms with Crippen LogP contribution in [0.2, 0.25) is 0 Å². The second kappa shape index (κ2) is 3.30. The number of allylic oxidation sites excluding steroid dienone is 2. The van der Waals surface area contributed by atoms with Crippen LogP contribution in [0.3, 0.4) is 0 Å². The van der Waals surface area contributed by atoms with Crippen molar-refractivity contribution in [3.63, 3.8) is 0 Å². The lowest BCUT2D eigenvalue weighted by Crippen LogP contribution is -2.08. The first-order chi connectivity index (χ1) is 5.40. The average molecular weight is 215 g/mol. The summed E-state index contributed by atoms with van der Waals surface area (Å²) in [5.41, 5.74) is 0. The van der Waals surface area contributed by atoms with E-state index < -0.39 is 0 Å². The van der Waals surface area contributed by atoms with Gasteiger partial charge in [-0.3, -0.25) is 0 Å². The van der Waals surface area contributed by atoms with Gasteiger partial charge in [0.1, 0.15) is 0 Å². The lowest BCUT2D eigenvalue weighted by atomic mass is 9.86. The second-order valence-electron chi connectivity index (χ2n) is 3.95. The number of halogens is 1. The van der Waals surface area contributed by atoms with Crippen LogP contribution in [0.25, 0.3) is 0 Å². The van der Waals surface area contributed by atoms with Crippen LogP contribution < -0.4 is 0 Å². The summed E-state index contributed by atoms with van der Waals surface area (Å²) in [7, 11) is 0. The predicted octanol–water partition coefficient (Wildman–Crippen LogP) is 3.37. The van der Waals surface area contributed by atoms with Crippen molar-refractivity contribution in [1.82, 2.24) is 0 Å². The molecule has 0 heterocycles. The Bertz CT molecular complexity index is 146. The summed E-state index contributed by atoms with van der Waals surface area (Å²) >= 11 is 3.59. The van der Waals surface area contributed by atoms with E-state index in [1.54, 1.807) is 0 Å². The molecule has 62 valence electrons. The third-order valence-corrected chi connectivity index (χ3v) is 4.12. The summed E-state index contributed by atoms with van der Waals surface area (Å²) in [6, 6.07) is 0. The van der Waals surface area contributed by atoms with Crippen LogP contribution in [0.5, 0.6) is 0 Å². The largest absolute Gasteiger partial charge is 0.0925 e. The smallest absolute Gasteiger partial charge is 0.00598 e. The zero-order chi connectivity index (χ0) is 7.68. The molecule has 1 unspecified atom stereocenters. The molecule has 0 spiro atoms. The van der Waals surface area contributed by atoms with Gasteiger partial charge in [-0.05, 0) is 43.4 Å². The van der Waals surface area contributed by atoms with Crippen LogP contribution >= 0.6 is 15.9 Å². The summed E-state index contributed by atoms with van der Waals surface area (Å²) in [5.74, 6) is 3.04. The summed E-state index contributed by atoms with van der Waals surface area (Å²) < 4.78 is 0. The molecule has 2 rings (SSSR count). The minimum atomic E-state index is 0.977. The minimum absolute atomic E-state index is 0.977. The lowest BCUT2D eigenvalue weighted by molar-refractivity contribution is 0.380. The van der Waals surface area contributed by atoms with Gasteiger partial charge in [-0.25, -0.2) is 0 Å². The third-order valence-electron chi connectivity index (χ3n) is 3.20. The summed E-state index contributed by atoms with van der Waals surface area (Å²) in [6.45, 7) is 0. The molecule has 0 aromatic rings. The molecule has 2 aliphatic carbocycles. The summed E-state index contributed by atoms with van der Waals surface area (Å²) in [5, 5.41) is 1.22. The highest BCUT2D eigenvalue weighted by Crippen LogP contribution is 2.43. The molecule has 0 bridgehead atoms. The van der Waals surface area contributed by atoms with E-state index in [0.717, 1.165) is 17.8 Å². The molecule has 0 aliphatic heterocycles. The van der Waals surface area contributed by atoms with E-state index in [2.05, 4.69) is 28.1 Å². The molecular formula is C10H15Br. The highest BCUT2D eigenvalue weighted by molar-refractivity contribution is 9.09. The molecule has 2 aliphatic rings. The minimum Gasteiger partial charge on any atom is -0.0925 e. The standard InChI is InChI=1S/C10H15Br/c11-7-8-5-9-3-1-2-4-10(9)6-8/h1-2,8-10H,3-7H2/t8?,9-,10+. The lowest BCUT2D eigenvalue weighted by Gasteiger charge is -2.19. The molecule has 0 aromatic heterocycles. The monoisotopic (exact) mass is 214 g/mol. The summed E-state index contributed by atoms with van der Waals surface area (Å²) in [4.78, 5) is 0. The van der Waals surface area contributed by atoms with Crippen molar-refractivity contribution in [3.05, 3.63) is 12.2 Å². The van der Waals surface area contributed by atoms with Gasteiger partial charge in [0.15, 0.2) is 0 Å². The Balaban J connectivity index is 1.98. The molecule has 0 aromatic carbocycles. The van der Waals surface area contributed by atoms with E-state index in [0.29, 0.717) is 0 Å². The molecular weight excluding hydrogens is 200 g/mol. The topological polar surface area (TPSA) is 0 Å². The highest BCUT2D eigenvalue weighted by atomic mass is 79.9. The van der Waals surface area contributed by atoms with Gasteiger partial charge in [0.25, 0.3) is 0 Å². The van der Waals surface area contributed by atoms with Crippen LogP contribution in [-0.2, 0) is 0 Å². The number of fused-ring (bicyclic) bond motifs is 1. The molecule has 1 heteroatoms. The van der Waals surface area contributed by atoms with Gasteiger partial charge in [0, 0.05) is 5.33 Å². The molecule has 0 nitrogen and oxygen atoms in total. The van der Waals surface area contributed by atoms with Crippen LogP contribution in [0.4, 0.5) is 0 Å². The van der Waals surface area contributed by atoms with Crippen LogP contribution in [-0.4, -0.2) is 5.33 Å². The van der Waals surface area contributed by atoms with E-state index in [1.165, 1.54) is 31.0 Å². The fraction of sp³-hybridized carbons (Fsp3) is 0.800. The van der Waals surface area contributed by atoms with Crippen molar-refractivity contribution in [2.45, 2.75) is 25.7 Å². The predicted molar refractivity (Wildman–Crippen MR) is 51.9 cm³/mol. The first-order valence-corrected chi connectivity index (χ1v) is 5.73. The molecule has 1 fully saturated rings. The maximum Gasteiger partial charge on any atom is 0.00598 e. The Hall–Kier alpha value is 0.220. The van der Waals surface area contributed by atoms with Crippen molar-refractivity contribution in [3.8, 4) is 0 Å². The van der Waals surface area contributed by atoms with Gasteiger partial charge in [-0.1, -0.05) is 28.1 Å². The van der Waals surface area contributed by atoms with E-state index >= 15 is 0 Å². The Labute approximate surface area is 77.2 Å². The van der Waals surface area contributed by atoms with E-state index in [4.69, 9.17) is 0 Å². The van der Waals surface area contributed by atoms with Gasteiger partial charge < -0.3 is 0 Å². The fourth-order valence-corrected chi connectivity index (χ4v) is 3.11. The number of hydrogen-bond acceptors (Lipinski definition) is 0. The zero-order valence-corrected chi connectivity index (χ0v) is 8.39. The average Bonchev–Trinajstić information content (AvgIpc) is 2.46. The fourth-order valence-electron chi connectivity index (χ4n) is 2.58. The van der Waals surface area contributed by atoms with Crippen LogP contribution in [0, 0.1) is 17.8 Å². The molecule has 0 amide bonds. The zero-order valence-electron chi connectivity index (χ0n) is 6.80. The molecule has 0 radical (unpaired) electrons. The third kappa shape index (κ3) is 1.53. The molecule has 3 atom stereocenters. The molecule has 0 N–H and O–H groups in total. The van der Waals surface area contributed by atoms with Gasteiger partial charge >= 0.3 is 0 Å². The number of rotatable bonds is 1. The van der Waals surface area contributed by atoms with Crippen LogP contribution in [0.15, 0.2) is 12.2 Å². The van der Waals surface area contributed by atoms with Gasteiger partial charge in [0.05, 0.1) is 0 Å². The Kier molecular flexibility index (Phi) is 2.36. The Morgan fingerprint density at radius 2 is 1.64 bits per heavy atom. The van der Waals surface area contributed by atoms with Crippen molar-refractivity contribution < 1.29 is 0 Å². The van der Waals surface area contributed by atoms with Crippen molar-refractivity contribution in [2.75, 3.05) is 5.33 Å². The molecule has 0 saturated heterocycles. The molecule has 1 saturated carbocycles. The van der Waals surface area contributed by atoms with Gasteiger partial charge in [-0.15, -0.1) is 0 Å². The van der Waals surface area contributed by atoms with Crippen LogP contribution in [0.1, 0.15) is 25.7 Å². The number of alkyl halides is 1. The first-order valence-electron chi connectivity index (χ1n) is 4.61. The van der Waals surface area contributed by atoms with E-state index in [-0.39, 0.29) is 0 Å². The van der Waals surface area contributed by atoms with E-state index in [1.807, 2.05) is 0 Å². The normalized spacial score (nSPS) is 42.5. The van der Waals surface area contributed by atoms with Gasteiger partial charge in [-0.2, -0.15) is 0 Å². The van der Waals surface area contributed by atoms with Gasteiger partial charge in [0.2, 0.25) is 0 Å². The second-order valence-corrected chi connectivity index (χ2v) is 4.60. The maximum atomic E-state index is 3.59. The Morgan fingerprint density at radius 3 is 2.09 bits per heavy atom. The first kappa shape index (κ1) is 7.85. The quantitative estimate of drug-likeness (QED) is 0.464. The highest BCUT2D eigenvalue weighted by Gasteiger charge is 2.33. The van der Waals surface area contributed by atoms with Crippen molar-refractivity contribution in [2.24, 2.45) is 17.8 Å². The van der Waals surface area contributed by atoms with E-state index in [9.17, 15) is 0 Å².